The van der Waals surface area contributed by atoms with Gasteiger partial charge in [-0.25, -0.2) is 0 Å². The molecule has 5 nitrogen and oxygen atoms in total. The lowest BCUT2D eigenvalue weighted by Crippen LogP contribution is -2.47. The minimum Gasteiger partial charge on any atom is -0.455 e. The predicted molar refractivity (Wildman–Crippen MR) is 89.5 cm³/mol. The molecule has 0 bridgehead atoms. The Balaban J connectivity index is 3.93. The van der Waals surface area contributed by atoms with Gasteiger partial charge in [-0.1, -0.05) is 0 Å². The Morgan fingerprint density at radius 1 is 0.737 bits per heavy atom. The Morgan fingerprint density at radius 2 is 1.11 bits per heavy atom. The van der Waals surface area contributed by atoms with Crippen LogP contribution in [0.1, 0.15) is 0 Å². The molecular weight excluding hydrogens is 272 g/mol. The second kappa shape index (κ2) is 10.0. The van der Waals surface area contributed by atoms with Crippen LogP contribution in [0.15, 0.2) is 0 Å². The molecule has 0 aromatic rings. The Hall–Kier alpha value is 0.234. The van der Waals surface area contributed by atoms with Gasteiger partial charge in [0.25, 0.3) is 0 Å². The van der Waals surface area contributed by atoms with Gasteiger partial charge in [0.15, 0.2) is 16.6 Å². The highest BCUT2D eigenvalue weighted by Gasteiger charge is 2.32. The van der Waals surface area contributed by atoms with Crippen LogP contribution in [0.2, 0.25) is 38.3 Å². The first-order chi connectivity index (χ1) is 8.83. The van der Waals surface area contributed by atoms with E-state index in [2.05, 4.69) is 36.8 Å². The molecule has 6 N–H and O–H groups in total. The molecule has 0 atom stereocenters. The summed E-state index contributed by atoms with van der Waals surface area (Å²) < 4.78 is 6.52. The van der Waals surface area contributed by atoms with Gasteiger partial charge in [-0.15, -0.1) is 0 Å². The maximum atomic E-state index is 6.52. The van der Waals surface area contributed by atoms with E-state index in [4.69, 9.17) is 15.6 Å². The van der Waals surface area contributed by atoms with Crippen molar-refractivity contribution in [3.63, 3.8) is 0 Å². The lowest BCUT2D eigenvalue weighted by Gasteiger charge is -2.34. The largest absolute Gasteiger partial charge is 0.455 e. The fourth-order valence-electron chi connectivity index (χ4n) is 2.08. The van der Waals surface area contributed by atoms with E-state index < -0.39 is 16.6 Å². The zero-order chi connectivity index (χ0) is 14.8. The molecule has 0 aromatic carbocycles. The molecule has 0 aliphatic carbocycles. The molecule has 0 radical (unpaired) electrons. The standard InChI is InChI=1S/C12H34N4OSi2/c1-18(2,11-9-15-7-5-13)17-19(3,4)12-10-16-8-6-14/h15-16H,5-14H2,1-4H3. The third-order valence-electron chi connectivity index (χ3n) is 3.00. The molecule has 0 aliphatic rings. The summed E-state index contributed by atoms with van der Waals surface area (Å²) in [7, 11) is -3.10. The van der Waals surface area contributed by atoms with Crippen LogP contribution in [0.4, 0.5) is 0 Å². The van der Waals surface area contributed by atoms with Crippen LogP contribution >= 0.6 is 0 Å². The van der Waals surface area contributed by atoms with Crippen LogP contribution in [-0.4, -0.2) is 55.9 Å². The van der Waals surface area contributed by atoms with Gasteiger partial charge in [0, 0.05) is 26.2 Å². The van der Waals surface area contributed by atoms with Crippen LogP contribution in [0.3, 0.4) is 0 Å². The molecule has 0 heterocycles. The quantitative estimate of drug-likeness (QED) is 0.312. The van der Waals surface area contributed by atoms with Crippen LogP contribution in [0.25, 0.3) is 0 Å². The summed E-state index contributed by atoms with van der Waals surface area (Å²) in [4.78, 5) is 0. The SMILES string of the molecule is C[Si](C)(CCNCCN)O[Si](C)(C)CCNCCN. The van der Waals surface area contributed by atoms with Crippen LogP contribution in [0.5, 0.6) is 0 Å². The number of hydrogen-bond donors (Lipinski definition) is 4. The van der Waals surface area contributed by atoms with Crippen LogP contribution in [0, 0.1) is 0 Å². The second-order valence-corrected chi connectivity index (χ2v) is 15.1. The van der Waals surface area contributed by atoms with E-state index in [9.17, 15) is 0 Å². The summed E-state index contributed by atoms with van der Waals surface area (Å²) >= 11 is 0. The molecule has 0 unspecified atom stereocenters. The lowest BCUT2D eigenvalue weighted by atomic mass is 10.6. The highest BCUT2D eigenvalue weighted by atomic mass is 28.4. The van der Waals surface area contributed by atoms with Gasteiger partial charge in [-0.3, -0.25) is 0 Å². The molecule has 0 aromatic heterocycles. The van der Waals surface area contributed by atoms with E-state index in [1.165, 1.54) is 0 Å². The molecule has 7 heteroatoms. The first kappa shape index (κ1) is 19.2. The Morgan fingerprint density at radius 3 is 1.42 bits per heavy atom. The third-order valence-corrected chi connectivity index (χ3v) is 10.3. The summed E-state index contributed by atoms with van der Waals surface area (Å²) in [5, 5.41) is 6.71. The Kier molecular flexibility index (Phi) is 10.2. The van der Waals surface area contributed by atoms with Crippen LogP contribution < -0.4 is 22.1 Å². The molecule has 0 saturated heterocycles. The highest BCUT2D eigenvalue weighted by Crippen LogP contribution is 2.20. The average molecular weight is 307 g/mol. The maximum Gasteiger partial charge on any atom is 0.174 e. The fourth-order valence-corrected chi connectivity index (χ4v) is 10.4. The number of hydrogen-bond acceptors (Lipinski definition) is 5. The van der Waals surface area contributed by atoms with Crippen molar-refractivity contribution in [2.75, 3.05) is 39.3 Å². The third kappa shape index (κ3) is 11.7. The first-order valence-electron chi connectivity index (χ1n) is 7.35. The number of nitrogens with two attached hydrogens (primary N) is 2. The monoisotopic (exact) mass is 306 g/mol. The molecule has 19 heavy (non-hydrogen) atoms. The lowest BCUT2D eigenvalue weighted by molar-refractivity contribution is 0.527. The van der Waals surface area contributed by atoms with E-state index >= 15 is 0 Å². The molecule has 0 rings (SSSR count). The van der Waals surface area contributed by atoms with E-state index in [-0.39, 0.29) is 0 Å². The van der Waals surface area contributed by atoms with Crippen LogP contribution in [-0.2, 0) is 4.12 Å². The van der Waals surface area contributed by atoms with E-state index in [0.29, 0.717) is 13.1 Å². The number of rotatable bonds is 12. The molecule has 0 amide bonds. The smallest absolute Gasteiger partial charge is 0.174 e. The van der Waals surface area contributed by atoms with Gasteiger partial charge < -0.3 is 26.2 Å². The van der Waals surface area contributed by atoms with Crippen molar-refractivity contribution in [2.45, 2.75) is 38.3 Å². The Labute approximate surface area is 121 Å². The normalized spacial score (nSPS) is 12.9. The van der Waals surface area contributed by atoms with Gasteiger partial charge in [0.1, 0.15) is 0 Å². The zero-order valence-corrected chi connectivity index (χ0v) is 15.2. The highest BCUT2D eigenvalue weighted by molar-refractivity contribution is 6.84. The van der Waals surface area contributed by atoms with Gasteiger partial charge in [0.05, 0.1) is 0 Å². The summed E-state index contributed by atoms with van der Waals surface area (Å²) in [5.74, 6) is 0. The number of nitrogens with one attached hydrogen (secondary N) is 2. The van der Waals surface area contributed by atoms with Gasteiger partial charge in [-0.05, 0) is 51.4 Å². The molecule has 116 valence electrons. The maximum absolute atomic E-state index is 6.52. The molecule has 0 fully saturated rings. The fraction of sp³-hybridized carbons (Fsp3) is 1.00. The van der Waals surface area contributed by atoms with E-state index in [1.807, 2.05) is 0 Å². The van der Waals surface area contributed by atoms with E-state index in [0.717, 1.165) is 38.3 Å². The zero-order valence-electron chi connectivity index (χ0n) is 13.2. The first-order valence-corrected chi connectivity index (χ1v) is 13.6. The average Bonchev–Trinajstić information content (AvgIpc) is 2.29. The van der Waals surface area contributed by atoms with Crippen molar-refractivity contribution < 1.29 is 4.12 Å². The van der Waals surface area contributed by atoms with Crippen molar-refractivity contribution in [3.05, 3.63) is 0 Å². The van der Waals surface area contributed by atoms with Crippen molar-refractivity contribution in [2.24, 2.45) is 11.5 Å². The van der Waals surface area contributed by atoms with Crippen molar-refractivity contribution in [1.29, 1.82) is 0 Å². The molecular formula is C12H34N4OSi2. The van der Waals surface area contributed by atoms with Gasteiger partial charge in [-0.2, -0.15) is 0 Å². The van der Waals surface area contributed by atoms with E-state index in [1.54, 1.807) is 0 Å². The molecule has 0 aliphatic heterocycles. The van der Waals surface area contributed by atoms with Crippen molar-refractivity contribution in [1.82, 2.24) is 10.6 Å². The summed E-state index contributed by atoms with van der Waals surface area (Å²) in [6.07, 6.45) is 0. The molecule has 0 spiro atoms. The van der Waals surface area contributed by atoms with Crippen molar-refractivity contribution >= 4 is 16.6 Å². The van der Waals surface area contributed by atoms with Gasteiger partial charge in [0.2, 0.25) is 0 Å². The molecule has 0 saturated carbocycles. The summed E-state index contributed by atoms with van der Waals surface area (Å²) in [5.41, 5.74) is 10.9. The summed E-state index contributed by atoms with van der Waals surface area (Å²) in [6.45, 7) is 14.5. The minimum absolute atomic E-state index is 0.704. The second-order valence-electron chi connectivity index (χ2n) is 6.20. The van der Waals surface area contributed by atoms with Crippen molar-refractivity contribution in [3.8, 4) is 0 Å². The summed E-state index contributed by atoms with van der Waals surface area (Å²) in [6, 6.07) is 2.30. The van der Waals surface area contributed by atoms with Gasteiger partial charge >= 0.3 is 0 Å². The topological polar surface area (TPSA) is 85.3 Å². The Bertz CT molecular complexity index is 206. The minimum atomic E-state index is -1.55. The predicted octanol–water partition coefficient (Wildman–Crippen LogP) is 0.510.